The van der Waals surface area contributed by atoms with Gasteiger partial charge in [0.15, 0.2) is 0 Å². The second-order valence-corrected chi connectivity index (χ2v) is 5.79. The highest BCUT2D eigenvalue weighted by atomic mass is 79.9. The van der Waals surface area contributed by atoms with E-state index in [0.717, 1.165) is 6.04 Å². The summed E-state index contributed by atoms with van der Waals surface area (Å²) in [6, 6.07) is 3.55. The van der Waals surface area contributed by atoms with E-state index in [1.165, 1.54) is 35.0 Å². The lowest BCUT2D eigenvalue weighted by atomic mass is 9.99. The van der Waals surface area contributed by atoms with Gasteiger partial charge < -0.3 is 4.57 Å². The molecule has 0 saturated carbocycles. The van der Waals surface area contributed by atoms with Gasteiger partial charge in [0.25, 0.3) is 0 Å². The van der Waals surface area contributed by atoms with E-state index in [4.69, 9.17) is 0 Å². The van der Waals surface area contributed by atoms with Crippen LogP contribution in [0.15, 0.2) is 22.8 Å². The van der Waals surface area contributed by atoms with Crippen molar-refractivity contribution < 1.29 is 0 Å². The van der Waals surface area contributed by atoms with Gasteiger partial charge in [-0.1, -0.05) is 6.08 Å². The lowest BCUT2D eigenvalue weighted by Crippen LogP contribution is -2.36. The van der Waals surface area contributed by atoms with Crippen LogP contribution >= 0.6 is 15.9 Å². The predicted octanol–water partition coefficient (Wildman–Crippen LogP) is 3.04. The van der Waals surface area contributed by atoms with Gasteiger partial charge in [0.05, 0.1) is 5.69 Å². The zero-order chi connectivity index (χ0) is 11.3. The molecule has 0 N–H and O–H groups in total. The summed E-state index contributed by atoms with van der Waals surface area (Å²) in [6.45, 7) is 0. The minimum Gasteiger partial charge on any atom is -0.350 e. The van der Waals surface area contributed by atoms with Crippen LogP contribution in [0.2, 0.25) is 0 Å². The van der Waals surface area contributed by atoms with Crippen LogP contribution in [0.4, 0.5) is 0 Å². The second-order valence-electron chi connectivity index (χ2n) is 4.93. The van der Waals surface area contributed by atoms with E-state index in [1.807, 2.05) is 0 Å². The average Bonchev–Trinajstić information content (AvgIpc) is 2.69. The van der Waals surface area contributed by atoms with Crippen LogP contribution < -0.4 is 0 Å². The first-order valence-corrected chi connectivity index (χ1v) is 6.71. The Hall–Kier alpha value is -0.540. The molecular formula is C13H17BrN2. The van der Waals surface area contributed by atoms with Gasteiger partial charge >= 0.3 is 0 Å². The molecule has 2 atom stereocenters. The zero-order valence-corrected chi connectivity index (χ0v) is 11.4. The third-order valence-corrected chi connectivity index (χ3v) is 4.75. The number of aryl methyl sites for hydroxylation is 1. The number of halogens is 1. The number of aromatic nitrogens is 1. The number of rotatable bonds is 1. The summed E-state index contributed by atoms with van der Waals surface area (Å²) in [5.74, 6) is 0. The van der Waals surface area contributed by atoms with E-state index < -0.39 is 0 Å². The molecule has 0 aromatic carbocycles. The molecule has 1 aromatic rings. The lowest BCUT2D eigenvalue weighted by Gasteiger charge is -2.32. The first kappa shape index (κ1) is 10.6. The van der Waals surface area contributed by atoms with Crippen molar-refractivity contribution in [3.8, 4) is 0 Å². The van der Waals surface area contributed by atoms with Gasteiger partial charge in [-0.25, -0.2) is 0 Å². The van der Waals surface area contributed by atoms with Crippen LogP contribution in [0.25, 0.3) is 5.57 Å². The molecule has 3 rings (SSSR count). The van der Waals surface area contributed by atoms with E-state index >= 15 is 0 Å². The Morgan fingerprint density at radius 1 is 1.31 bits per heavy atom. The minimum absolute atomic E-state index is 0.628. The van der Waals surface area contributed by atoms with Crippen molar-refractivity contribution in [2.45, 2.75) is 31.3 Å². The Balaban J connectivity index is 2.05. The number of likely N-dealkylation sites (N-methyl/N-ethyl adjacent to an activating group) is 1. The third-order valence-electron chi connectivity index (χ3n) is 4.11. The third kappa shape index (κ3) is 1.41. The summed E-state index contributed by atoms with van der Waals surface area (Å²) in [4.78, 5) is 2.55. The minimum atomic E-state index is 0.628. The molecule has 16 heavy (non-hydrogen) atoms. The van der Waals surface area contributed by atoms with Gasteiger partial charge in [-0.05, 0) is 53.9 Å². The van der Waals surface area contributed by atoms with E-state index in [1.54, 1.807) is 0 Å². The Kier molecular flexibility index (Phi) is 2.48. The van der Waals surface area contributed by atoms with Crippen molar-refractivity contribution in [1.29, 1.82) is 0 Å². The summed E-state index contributed by atoms with van der Waals surface area (Å²) >= 11 is 3.66. The molecule has 1 fully saturated rings. The van der Waals surface area contributed by atoms with Gasteiger partial charge in [0.1, 0.15) is 0 Å². The largest absolute Gasteiger partial charge is 0.350 e. The number of nitrogens with zero attached hydrogens (tertiary/aromatic N) is 2. The normalized spacial score (nSPS) is 29.6. The van der Waals surface area contributed by atoms with Crippen molar-refractivity contribution in [3.05, 3.63) is 28.5 Å². The van der Waals surface area contributed by atoms with Crippen molar-refractivity contribution in [2.75, 3.05) is 7.05 Å². The smallest absolute Gasteiger partial charge is 0.0593 e. The zero-order valence-electron chi connectivity index (χ0n) is 9.78. The first-order chi connectivity index (χ1) is 7.68. The number of hydrogen-bond donors (Lipinski definition) is 0. The molecule has 1 aromatic heterocycles. The summed E-state index contributed by atoms with van der Waals surface area (Å²) < 4.78 is 3.45. The van der Waals surface area contributed by atoms with Gasteiger partial charge in [0.2, 0.25) is 0 Å². The Bertz CT molecular complexity index is 427. The van der Waals surface area contributed by atoms with Gasteiger partial charge in [-0.2, -0.15) is 0 Å². The molecule has 3 heteroatoms. The molecule has 2 bridgehead atoms. The molecule has 2 aliphatic heterocycles. The van der Waals surface area contributed by atoms with E-state index in [0.29, 0.717) is 6.04 Å². The SMILES string of the molecule is CN1C2CC=C(c3c(Br)ccn3C)C1CC2. The molecule has 2 aliphatic rings. The summed E-state index contributed by atoms with van der Waals surface area (Å²) in [6.07, 6.45) is 8.44. The number of fused-ring (bicyclic) bond motifs is 2. The molecule has 0 radical (unpaired) electrons. The van der Waals surface area contributed by atoms with Gasteiger partial charge in [-0.15, -0.1) is 0 Å². The Labute approximate surface area is 105 Å². The molecule has 1 saturated heterocycles. The molecule has 2 nitrogen and oxygen atoms in total. The van der Waals surface area contributed by atoms with Gasteiger partial charge in [-0.3, -0.25) is 4.90 Å². The van der Waals surface area contributed by atoms with Crippen molar-refractivity contribution in [3.63, 3.8) is 0 Å². The summed E-state index contributed by atoms with van der Waals surface area (Å²) in [5.41, 5.74) is 2.87. The summed E-state index contributed by atoms with van der Waals surface area (Å²) in [5, 5.41) is 0. The maximum absolute atomic E-state index is 3.66. The molecular weight excluding hydrogens is 264 g/mol. The Morgan fingerprint density at radius 2 is 2.12 bits per heavy atom. The lowest BCUT2D eigenvalue weighted by molar-refractivity contribution is 0.267. The molecule has 0 spiro atoms. The fraction of sp³-hybridized carbons (Fsp3) is 0.538. The van der Waals surface area contributed by atoms with Crippen LogP contribution in [-0.4, -0.2) is 28.6 Å². The fourth-order valence-corrected chi connectivity index (χ4v) is 3.79. The standard InChI is InChI=1S/C13H17BrN2/c1-15-8-7-11(14)13(15)10-5-3-9-4-6-12(10)16(9)2/h5,7-9,12H,3-4,6H2,1-2H3. The molecule has 3 heterocycles. The fourth-order valence-electron chi connectivity index (χ4n) is 3.17. The second kappa shape index (κ2) is 3.74. The highest BCUT2D eigenvalue weighted by Crippen LogP contribution is 2.40. The van der Waals surface area contributed by atoms with Crippen molar-refractivity contribution >= 4 is 21.5 Å². The maximum atomic E-state index is 3.66. The maximum Gasteiger partial charge on any atom is 0.0593 e. The molecule has 86 valence electrons. The molecule has 0 amide bonds. The van der Waals surface area contributed by atoms with Crippen molar-refractivity contribution in [1.82, 2.24) is 9.47 Å². The monoisotopic (exact) mass is 280 g/mol. The average molecular weight is 281 g/mol. The predicted molar refractivity (Wildman–Crippen MR) is 70.3 cm³/mol. The van der Waals surface area contributed by atoms with E-state index in [2.05, 4.69) is 57.8 Å². The highest BCUT2D eigenvalue weighted by Gasteiger charge is 2.37. The van der Waals surface area contributed by atoms with Crippen molar-refractivity contribution in [2.24, 2.45) is 7.05 Å². The van der Waals surface area contributed by atoms with E-state index in [9.17, 15) is 0 Å². The van der Waals surface area contributed by atoms with Gasteiger partial charge in [0, 0.05) is 29.8 Å². The topological polar surface area (TPSA) is 8.17 Å². The highest BCUT2D eigenvalue weighted by molar-refractivity contribution is 9.10. The van der Waals surface area contributed by atoms with Crippen LogP contribution in [-0.2, 0) is 7.05 Å². The first-order valence-electron chi connectivity index (χ1n) is 5.91. The Morgan fingerprint density at radius 3 is 2.81 bits per heavy atom. The van der Waals surface area contributed by atoms with Crippen LogP contribution in [0.5, 0.6) is 0 Å². The van der Waals surface area contributed by atoms with Crippen LogP contribution in [0.1, 0.15) is 25.0 Å². The molecule has 0 aliphatic carbocycles. The molecule has 2 unspecified atom stereocenters. The van der Waals surface area contributed by atoms with Crippen LogP contribution in [0.3, 0.4) is 0 Å². The number of hydrogen-bond acceptors (Lipinski definition) is 1. The van der Waals surface area contributed by atoms with Crippen LogP contribution in [0, 0.1) is 0 Å². The summed E-state index contributed by atoms with van der Waals surface area (Å²) in [7, 11) is 4.40. The quantitative estimate of drug-likeness (QED) is 0.768. The van der Waals surface area contributed by atoms with E-state index in [-0.39, 0.29) is 0 Å².